The molecular weight excluding hydrogens is 164 g/mol. The minimum Gasteiger partial charge on any atom is -0.384 e. The minimum atomic E-state index is -0.918. The highest BCUT2D eigenvalue weighted by Gasteiger charge is 2.26. The first-order valence-electron chi connectivity index (χ1n) is 4.47. The van der Waals surface area contributed by atoms with Crippen molar-refractivity contribution in [3.63, 3.8) is 0 Å². The van der Waals surface area contributed by atoms with Crippen LogP contribution >= 0.6 is 0 Å². The molecule has 0 radical (unpaired) electrons. The predicted molar refractivity (Wildman–Crippen MR) is 52.2 cm³/mol. The quantitative estimate of drug-likeness (QED) is 0.728. The molecule has 0 aliphatic rings. The molecule has 0 aromatic carbocycles. The Kier molecular flexibility index (Phi) is 3.01. The van der Waals surface area contributed by atoms with Crippen LogP contribution < -0.4 is 5.73 Å². The van der Waals surface area contributed by atoms with Gasteiger partial charge in [-0.3, -0.25) is 4.98 Å². The molecule has 0 aliphatic heterocycles. The van der Waals surface area contributed by atoms with E-state index in [1.54, 1.807) is 12.4 Å². The number of nitrogens with two attached hydrogens (primary N) is 1. The summed E-state index contributed by atoms with van der Waals surface area (Å²) in [7, 11) is 0. The zero-order chi connectivity index (χ0) is 9.90. The molecule has 0 saturated carbocycles. The molecule has 3 nitrogen and oxygen atoms in total. The molecule has 0 fully saturated rings. The Hall–Kier alpha value is -0.930. The van der Waals surface area contributed by atoms with E-state index in [2.05, 4.69) is 4.98 Å². The second kappa shape index (κ2) is 3.85. The molecule has 1 atom stereocenters. The van der Waals surface area contributed by atoms with Crippen molar-refractivity contribution in [3.8, 4) is 0 Å². The van der Waals surface area contributed by atoms with E-state index in [-0.39, 0.29) is 6.54 Å². The lowest BCUT2D eigenvalue weighted by Gasteiger charge is -2.26. The lowest BCUT2D eigenvalue weighted by atomic mass is 9.89. The Morgan fingerprint density at radius 1 is 1.62 bits per heavy atom. The van der Waals surface area contributed by atoms with E-state index in [9.17, 15) is 5.11 Å². The SMILES string of the molecule is CCC(O)(CN)c1cnccc1C. The average Bonchev–Trinajstić information content (AvgIpc) is 2.17. The van der Waals surface area contributed by atoms with E-state index in [1.165, 1.54) is 0 Å². The van der Waals surface area contributed by atoms with Crippen molar-refractivity contribution < 1.29 is 5.11 Å². The number of rotatable bonds is 3. The third kappa shape index (κ3) is 1.87. The van der Waals surface area contributed by atoms with Crippen LogP contribution in [0.5, 0.6) is 0 Å². The highest BCUT2D eigenvalue weighted by Crippen LogP contribution is 2.25. The minimum absolute atomic E-state index is 0.232. The summed E-state index contributed by atoms with van der Waals surface area (Å²) in [6.07, 6.45) is 4.01. The van der Waals surface area contributed by atoms with Gasteiger partial charge in [-0.1, -0.05) is 6.92 Å². The second-order valence-electron chi connectivity index (χ2n) is 3.28. The summed E-state index contributed by atoms with van der Waals surface area (Å²) >= 11 is 0. The van der Waals surface area contributed by atoms with Gasteiger partial charge >= 0.3 is 0 Å². The molecule has 0 aliphatic carbocycles. The Morgan fingerprint density at radius 3 is 2.77 bits per heavy atom. The van der Waals surface area contributed by atoms with Crippen molar-refractivity contribution in [2.24, 2.45) is 5.73 Å². The van der Waals surface area contributed by atoms with E-state index < -0.39 is 5.60 Å². The predicted octanol–water partition coefficient (Wildman–Crippen LogP) is 0.946. The highest BCUT2D eigenvalue weighted by atomic mass is 16.3. The van der Waals surface area contributed by atoms with Gasteiger partial charge in [0.25, 0.3) is 0 Å². The largest absolute Gasteiger partial charge is 0.384 e. The van der Waals surface area contributed by atoms with Crippen molar-refractivity contribution in [1.82, 2.24) is 4.98 Å². The Morgan fingerprint density at radius 2 is 2.31 bits per heavy atom. The lowest BCUT2D eigenvalue weighted by molar-refractivity contribution is 0.0409. The van der Waals surface area contributed by atoms with Crippen molar-refractivity contribution >= 4 is 0 Å². The van der Waals surface area contributed by atoms with E-state index in [1.807, 2.05) is 19.9 Å². The molecule has 0 saturated heterocycles. The molecule has 1 heterocycles. The maximum absolute atomic E-state index is 10.1. The van der Waals surface area contributed by atoms with Gasteiger partial charge in [0.1, 0.15) is 5.60 Å². The van der Waals surface area contributed by atoms with E-state index in [0.717, 1.165) is 11.1 Å². The molecule has 0 amide bonds. The molecule has 1 aromatic heterocycles. The number of hydrogen-bond donors (Lipinski definition) is 2. The molecule has 13 heavy (non-hydrogen) atoms. The lowest BCUT2D eigenvalue weighted by Crippen LogP contribution is -2.34. The van der Waals surface area contributed by atoms with Crippen LogP contribution in [-0.2, 0) is 5.60 Å². The van der Waals surface area contributed by atoms with Crippen molar-refractivity contribution in [2.75, 3.05) is 6.54 Å². The van der Waals surface area contributed by atoms with Crippen molar-refractivity contribution in [1.29, 1.82) is 0 Å². The number of hydrogen-bond acceptors (Lipinski definition) is 3. The van der Waals surface area contributed by atoms with Crippen LogP contribution in [0.3, 0.4) is 0 Å². The Bertz CT molecular complexity index is 282. The van der Waals surface area contributed by atoms with Gasteiger partial charge in [0.05, 0.1) is 0 Å². The highest BCUT2D eigenvalue weighted by molar-refractivity contribution is 5.28. The Balaban J connectivity index is 3.12. The van der Waals surface area contributed by atoms with Crippen molar-refractivity contribution in [2.45, 2.75) is 25.9 Å². The number of pyridine rings is 1. The van der Waals surface area contributed by atoms with Crippen molar-refractivity contribution in [3.05, 3.63) is 29.6 Å². The van der Waals surface area contributed by atoms with Gasteiger partial charge in [-0.15, -0.1) is 0 Å². The molecule has 3 N–H and O–H groups in total. The zero-order valence-corrected chi connectivity index (χ0v) is 8.12. The number of aryl methyl sites for hydroxylation is 1. The fourth-order valence-corrected chi connectivity index (χ4v) is 1.40. The first-order chi connectivity index (χ1) is 6.14. The normalized spacial score (nSPS) is 15.4. The van der Waals surface area contributed by atoms with Gasteiger partial charge in [-0.25, -0.2) is 0 Å². The van der Waals surface area contributed by atoms with Crippen LogP contribution in [-0.4, -0.2) is 16.6 Å². The number of aliphatic hydroxyl groups is 1. The number of aromatic nitrogens is 1. The summed E-state index contributed by atoms with van der Waals surface area (Å²) in [6, 6.07) is 1.88. The van der Waals surface area contributed by atoms with E-state index in [4.69, 9.17) is 5.73 Å². The molecule has 3 heteroatoms. The van der Waals surface area contributed by atoms with Crippen LogP contribution in [0.15, 0.2) is 18.5 Å². The van der Waals surface area contributed by atoms with Crippen LogP contribution in [0.4, 0.5) is 0 Å². The summed E-state index contributed by atoms with van der Waals surface area (Å²) in [4.78, 5) is 3.99. The maximum atomic E-state index is 10.1. The molecule has 1 aromatic rings. The van der Waals surface area contributed by atoms with Gasteiger partial charge in [0, 0.05) is 24.5 Å². The van der Waals surface area contributed by atoms with E-state index >= 15 is 0 Å². The fraction of sp³-hybridized carbons (Fsp3) is 0.500. The third-order valence-electron chi connectivity index (χ3n) is 2.46. The molecule has 1 unspecified atom stereocenters. The van der Waals surface area contributed by atoms with Gasteiger partial charge in [0.2, 0.25) is 0 Å². The summed E-state index contributed by atoms with van der Waals surface area (Å²) in [5.74, 6) is 0. The maximum Gasteiger partial charge on any atom is 0.103 e. The summed E-state index contributed by atoms with van der Waals surface area (Å²) < 4.78 is 0. The van der Waals surface area contributed by atoms with E-state index in [0.29, 0.717) is 6.42 Å². The van der Waals surface area contributed by atoms with Crippen LogP contribution in [0.2, 0.25) is 0 Å². The molecule has 1 rings (SSSR count). The smallest absolute Gasteiger partial charge is 0.103 e. The Labute approximate surface area is 78.6 Å². The number of nitrogens with zero attached hydrogens (tertiary/aromatic N) is 1. The first-order valence-corrected chi connectivity index (χ1v) is 4.47. The van der Waals surface area contributed by atoms with Gasteiger partial charge in [-0.05, 0) is 25.0 Å². The van der Waals surface area contributed by atoms with Gasteiger partial charge < -0.3 is 10.8 Å². The monoisotopic (exact) mass is 180 g/mol. The van der Waals surface area contributed by atoms with Gasteiger partial charge in [-0.2, -0.15) is 0 Å². The van der Waals surface area contributed by atoms with Crippen LogP contribution in [0.1, 0.15) is 24.5 Å². The zero-order valence-electron chi connectivity index (χ0n) is 8.12. The molecule has 0 spiro atoms. The fourth-order valence-electron chi connectivity index (χ4n) is 1.40. The molecule has 0 bridgehead atoms. The molecule has 72 valence electrons. The van der Waals surface area contributed by atoms with Crippen LogP contribution in [0, 0.1) is 6.92 Å². The topological polar surface area (TPSA) is 59.1 Å². The second-order valence-corrected chi connectivity index (χ2v) is 3.28. The van der Waals surface area contributed by atoms with Gasteiger partial charge in [0.15, 0.2) is 0 Å². The summed E-state index contributed by atoms with van der Waals surface area (Å²) in [6.45, 7) is 4.10. The first kappa shape index (κ1) is 10.2. The summed E-state index contributed by atoms with van der Waals surface area (Å²) in [5, 5.41) is 10.1. The molecular formula is C10H16N2O. The third-order valence-corrected chi connectivity index (χ3v) is 2.46. The average molecular weight is 180 g/mol. The summed E-state index contributed by atoms with van der Waals surface area (Å²) in [5.41, 5.74) is 6.49. The van der Waals surface area contributed by atoms with Crippen LogP contribution in [0.25, 0.3) is 0 Å². The standard InChI is InChI=1S/C10H16N2O/c1-3-10(13,7-11)9-6-12-5-4-8(9)2/h4-6,13H,3,7,11H2,1-2H3.